The Kier molecular flexibility index (Phi) is 6.32. The van der Waals surface area contributed by atoms with Crippen LogP contribution in [0.5, 0.6) is 0 Å². The number of amidine groups is 2. The Morgan fingerprint density at radius 2 is 1.04 bits per heavy atom. The monoisotopic (exact) mass is 688 g/mol. The van der Waals surface area contributed by atoms with Crippen LogP contribution in [0.25, 0.3) is 67.8 Å². The van der Waals surface area contributed by atoms with E-state index in [9.17, 15) is 0 Å². The minimum absolute atomic E-state index is 0.227. The molecular formula is C45H28N4S2. The predicted octanol–water partition coefficient (Wildman–Crippen LogP) is 12.0. The van der Waals surface area contributed by atoms with E-state index in [0.29, 0.717) is 0 Å². The Labute approximate surface area is 301 Å². The summed E-state index contributed by atoms with van der Waals surface area (Å²) in [5.74, 6) is 1.57. The van der Waals surface area contributed by atoms with Crippen LogP contribution in [0, 0.1) is 0 Å². The third-order valence-corrected chi connectivity index (χ3v) is 12.3. The fourth-order valence-electron chi connectivity index (χ4n) is 7.64. The maximum absolute atomic E-state index is 5.07. The van der Waals surface area contributed by atoms with Crippen LogP contribution in [0.4, 0.5) is 0 Å². The molecule has 1 aliphatic rings. The summed E-state index contributed by atoms with van der Waals surface area (Å²) >= 11 is 3.73. The van der Waals surface area contributed by atoms with Crippen molar-refractivity contribution in [2.45, 2.75) is 6.17 Å². The maximum atomic E-state index is 5.07. The summed E-state index contributed by atoms with van der Waals surface area (Å²) in [7, 11) is 0. The second-order valence-corrected chi connectivity index (χ2v) is 15.2. The van der Waals surface area contributed by atoms with Crippen molar-refractivity contribution >= 4 is 96.5 Å². The van der Waals surface area contributed by atoms with Gasteiger partial charge >= 0.3 is 0 Å². The molecule has 0 amide bonds. The van der Waals surface area contributed by atoms with E-state index >= 15 is 0 Å². The molecule has 7 aromatic carbocycles. The number of aromatic nitrogens is 1. The second kappa shape index (κ2) is 11.2. The Morgan fingerprint density at radius 3 is 1.73 bits per heavy atom. The van der Waals surface area contributed by atoms with Crippen molar-refractivity contribution in [1.82, 2.24) is 9.88 Å². The molecule has 0 aliphatic carbocycles. The number of nitrogens with zero attached hydrogens (tertiary/aromatic N) is 3. The highest BCUT2D eigenvalue weighted by atomic mass is 32.1. The van der Waals surface area contributed by atoms with Gasteiger partial charge in [-0.1, -0.05) is 97.1 Å². The lowest BCUT2D eigenvalue weighted by atomic mass is 10.1. The molecule has 0 bridgehead atoms. The molecule has 10 aromatic rings. The van der Waals surface area contributed by atoms with Gasteiger partial charge in [0.1, 0.15) is 12.0 Å². The average molecular weight is 689 g/mol. The first-order valence-electron chi connectivity index (χ1n) is 17.1. The number of fused-ring (bicyclic) bond motifs is 9. The number of nitrogens with one attached hydrogen (secondary N) is 1. The van der Waals surface area contributed by atoms with Crippen molar-refractivity contribution in [3.8, 4) is 5.69 Å². The summed E-state index contributed by atoms with van der Waals surface area (Å²) in [6.45, 7) is 0. The zero-order valence-corrected chi connectivity index (χ0v) is 28.9. The number of rotatable bonds is 4. The van der Waals surface area contributed by atoms with Crippen molar-refractivity contribution in [1.29, 1.82) is 0 Å². The molecule has 0 spiro atoms. The van der Waals surface area contributed by atoms with Gasteiger partial charge in [0.05, 0.1) is 11.0 Å². The standard InChI is InChI=1S/C45H28N4S2/c1-3-11-27(12-4-1)43-46-44(28-13-5-2-6-14-28)48-45(47-43)29-19-21-39-33(23-29)35-25-42-36(26-41(35)50-39)34-24-30(20-22-40(34)51-42)49-37-17-9-7-15-31(37)32-16-8-10-18-38(32)49/h1-26,43H,(H,46,47,48). The molecule has 11 rings (SSSR count). The van der Waals surface area contributed by atoms with Crippen molar-refractivity contribution < 1.29 is 0 Å². The first-order valence-corrected chi connectivity index (χ1v) is 18.7. The lowest BCUT2D eigenvalue weighted by Crippen LogP contribution is -2.33. The van der Waals surface area contributed by atoms with Crippen LogP contribution in [0.1, 0.15) is 22.9 Å². The van der Waals surface area contributed by atoms with Crippen LogP contribution >= 0.6 is 22.7 Å². The molecule has 0 saturated carbocycles. The van der Waals surface area contributed by atoms with E-state index in [1.165, 1.54) is 67.8 Å². The molecule has 4 nitrogen and oxygen atoms in total. The highest BCUT2D eigenvalue weighted by molar-refractivity contribution is 7.27. The van der Waals surface area contributed by atoms with Crippen LogP contribution < -0.4 is 5.32 Å². The Hall–Kier alpha value is -6.08. The summed E-state index contributed by atoms with van der Waals surface area (Å²) in [5, 5.41) is 11.4. The molecule has 0 saturated heterocycles. The third kappa shape index (κ3) is 4.57. The molecule has 51 heavy (non-hydrogen) atoms. The molecule has 240 valence electrons. The van der Waals surface area contributed by atoms with E-state index in [1.807, 2.05) is 46.9 Å². The molecule has 1 unspecified atom stereocenters. The van der Waals surface area contributed by atoms with Gasteiger partial charge in [0.25, 0.3) is 0 Å². The summed E-state index contributed by atoms with van der Waals surface area (Å²) in [4.78, 5) is 10.1. The molecule has 4 heterocycles. The largest absolute Gasteiger partial charge is 0.344 e. The fourth-order valence-corrected chi connectivity index (χ4v) is 9.85. The van der Waals surface area contributed by atoms with Crippen molar-refractivity contribution in [2.75, 3.05) is 0 Å². The Bertz CT molecular complexity index is 3000. The van der Waals surface area contributed by atoms with Gasteiger partial charge in [-0.3, -0.25) is 0 Å². The predicted molar refractivity (Wildman–Crippen MR) is 218 cm³/mol. The SMILES string of the molecule is c1ccc(C2=NC(c3ccccc3)NC(c3ccc4sc5cc6c(cc5c4c3)sc3ccc(-n4c5ccccc5c5ccccc54)cc36)=N2)cc1. The molecule has 1 aliphatic heterocycles. The van der Waals surface area contributed by atoms with Gasteiger partial charge in [-0.15, -0.1) is 22.7 Å². The fraction of sp³-hybridized carbons (Fsp3) is 0.0222. The highest BCUT2D eigenvalue weighted by Crippen LogP contribution is 2.43. The minimum Gasteiger partial charge on any atom is -0.344 e. The smallest absolute Gasteiger partial charge is 0.159 e. The van der Waals surface area contributed by atoms with Gasteiger partial charge in [0, 0.05) is 67.9 Å². The van der Waals surface area contributed by atoms with Crippen LogP contribution in [0.15, 0.2) is 168 Å². The highest BCUT2D eigenvalue weighted by Gasteiger charge is 2.22. The third-order valence-electron chi connectivity index (χ3n) is 10.0. The van der Waals surface area contributed by atoms with Crippen molar-refractivity contribution in [3.63, 3.8) is 0 Å². The van der Waals surface area contributed by atoms with Crippen LogP contribution in [-0.4, -0.2) is 16.2 Å². The first kappa shape index (κ1) is 28.7. The Morgan fingerprint density at radius 1 is 0.471 bits per heavy atom. The molecule has 0 radical (unpaired) electrons. The summed E-state index contributed by atoms with van der Waals surface area (Å²) in [6.07, 6.45) is -0.227. The van der Waals surface area contributed by atoms with E-state index < -0.39 is 0 Å². The molecular weight excluding hydrogens is 661 g/mol. The topological polar surface area (TPSA) is 41.7 Å². The summed E-state index contributed by atoms with van der Waals surface area (Å²) in [5.41, 5.74) is 6.82. The minimum atomic E-state index is -0.227. The van der Waals surface area contributed by atoms with Crippen LogP contribution in [-0.2, 0) is 0 Å². The number of thiophene rings is 2. The number of benzene rings is 7. The van der Waals surface area contributed by atoms with Gasteiger partial charge in [-0.05, 0) is 66.2 Å². The van der Waals surface area contributed by atoms with E-state index in [-0.39, 0.29) is 6.17 Å². The first-order chi connectivity index (χ1) is 25.2. The van der Waals surface area contributed by atoms with Crippen molar-refractivity contribution in [3.05, 3.63) is 174 Å². The average Bonchev–Trinajstić information content (AvgIpc) is 3.86. The van der Waals surface area contributed by atoms with E-state index in [4.69, 9.17) is 9.98 Å². The van der Waals surface area contributed by atoms with Crippen LogP contribution in [0.2, 0.25) is 0 Å². The summed E-state index contributed by atoms with van der Waals surface area (Å²) < 4.78 is 7.58. The molecule has 1 atom stereocenters. The molecule has 6 heteroatoms. The van der Waals surface area contributed by atoms with E-state index in [1.54, 1.807) is 0 Å². The number of hydrogen-bond donors (Lipinski definition) is 1. The quantitative estimate of drug-likeness (QED) is 0.196. The lowest BCUT2D eigenvalue weighted by Gasteiger charge is -2.23. The zero-order valence-electron chi connectivity index (χ0n) is 27.2. The van der Waals surface area contributed by atoms with Gasteiger partial charge < -0.3 is 9.88 Å². The van der Waals surface area contributed by atoms with Crippen LogP contribution in [0.3, 0.4) is 0 Å². The Balaban J connectivity index is 1.04. The lowest BCUT2D eigenvalue weighted by molar-refractivity contribution is 0.674. The normalized spacial score (nSPS) is 14.9. The van der Waals surface area contributed by atoms with Gasteiger partial charge in [-0.2, -0.15) is 0 Å². The number of aliphatic imine (C=N–C) groups is 2. The number of para-hydroxylation sites is 2. The number of hydrogen-bond acceptors (Lipinski definition) is 5. The van der Waals surface area contributed by atoms with Gasteiger partial charge in [-0.25, -0.2) is 9.98 Å². The van der Waals surface area contributed by atoms with Gasteiger partial charge in [0.15, 0.2) is 5.84 Å². The molecule has 3 aromatic heterocycles. The molecule has 1 N–H and O–H groups in total. The maximum Gasteiger partial charge on any atom is 0.159 e. The van der Waals surface area contributed by atoms with Crippen molar-refractivity contribution in [2.24, 2.45) is 9.98 Å². The molecule has 0 fully saturated rings. The zero-order chi connectivity index (χ0) is 33.5. The summed E-state index contributed by atoms with van der Waals surface area (Å²) in [6, 6.07) is 56.6. The van der Waals surface area contributed by atoms with E-state index in [0.717, 1.165) is 28.4 Å². The van der Waals surface area contributed by atoms with E-state index in [2.05, 4.69) is 143 Å². The second-order valence-electron chi connectivity index (χ2n) is 13.0. The van der Waals surface area contributed by atoms with Gasteiger partial charge in [0.2, 0.25) is 0 Å².